The maximum atomic E-state index is 10.1. The Morgan fingerprint density at radius 1 is 0.944 bits per heavy atom. The second kappa shape index (κ2) is 13.5. The van der Waals surface area contributed by atoms with Gasteiger partial charge in [0.15, 0.2) is 0 Å². The smallest absolute Gasteiger partial charge is 0.304 e. The number of nitrogens with zero attached hydrogens (tertiary/aromatic N) is 1. The minimum Gasteiger partial charge on any atom is -0.304 e. The topological polar surface area (TPSA) is 70.0 Å². The molecule has 0 spiro atoms. The first-order valence-corrected chi connectivity index (χ1v) is 8.36. The van der Waals surface area contributed by atoms with E-state index in [2.05, 4.69) is 37.1 Å². The fourth-order valence-corrected chi connectivity index (χ4v) is 1.75. The molecule has 2 N–H and O–H groups in total. The molecule has 0 aromatic heterocycles. The Morgan fingerprint density at radius 2 is 1.44 bits per heavy atom. The van der Waals surface area contributed by atoms with E-state index < -0.39 is 7.82 Å². The van der Waals surface area contributed by atoms with Crippen molar-refractivity contribution in [1.82, 2.24) is 4.90 Å². The van der Waals surface area contributed by atoms with E-state index in [9.17, 15) is 4.57 Å². The summed E-state index contributed by atoms with van der Waals surface area (Å²) in [5.74, 6) is 0. The van der Waals surface area contributed by atoms with Gasteiger partial charge in [-0.3, -0.25) is 4.52 Å². The van der Waals surface area contributed by atoms with Crippen molar-refractivity contribution in [1.29, 1.82) is 0 Å². The first kappa shape index (κ1) is 20.4. The number of hydrogen-bond donors (Lipinski definition) is 2. The van der Waals surface area contributed by atoms with Crippen LogP contribution in [0.15, 0.2) is 0 Å². The van der Waals surface area contributed by atoms with Crippen LogP contribution in [0.4, 0.5) is 0 Å². The molecule has 0 atom stereocenters. The maximum Gasteiger partial charge on any atom is 0.469 e. The number of unbranched alkanes of at least 4 members (excludes halogenated alkanes) is 3. The molecule has 0 aliphatic heterocycles. The third-order valence-electron chi connectivity index (χ3n) is 2.60. The largest absolute Gasteiger partial charge is 0.469 e. The molecular weight excluding hydrogens is 253 g/mol. The summed E-state index contributed by atoms with van der Waals surface area (Å²) in [6, 6.07) is 0. The molecule has 0 fully saturated rings. The van der Waals surface area contributed by atoms with Gasteiger partial charge in [-0.05, 0) is 26.1 Å². The first-order valence-electron chi connectivity index (χ1n) is 6.83. The van der Waals surface area contributed by atoms with Gasteiger partial charge in [0.1, 0.15) is 0 Å². The number of rotatable bonds is 9. The second-order valence-electron chi connectivity index (χ2n) is 4.00. The van der Waals surface area contributed by atoms with Gasteiger partial charge in [0, 0.05) is 0 Å². The zero-order valence-electron chi connectivity index (χ0n) is 12.3. The lowest BCUT2D eigenvalue weighted by atomic mass is 10.2. The summed E-state index contributed by atoms with van der Waals surface area (Å²) in [4.78, 5) is 18.9. The van der Waals surface area contributed by atoms with E-state index in [1.807, 2.05) is 0 Å². The second-order valence-corrected chi connectivity index (χ2v) is 5.24. The zero-order chi connectivity index (χ0) is 14.4. The third-order valence-corrected chi connectivity index (χ3v) is 3.12. The van der Waals surface area contributed by atoms with Crippen molar-refractivity contribution in [3.05, 3.63) is 0 Å². The molecule has 5 nitrogen and oxygen atoms in total. The fourth-order valence-electron chi connectivity index (χ4n) is 1.38. The van der Waals surface area contributed by atoms with Crippen molar-refractivity contribution in [2.24, 2.45) is 0 Å². The third kappa shape index (κ3) is 18.4. The lowest BCUT2D eigenvalue weighted by molar-refractivity contribution is 0.193. The molecular formula is C12H30NO4P. The van der Waals surface area contributed by atoms with Crippen molar-refractivity contribution in [2.45, 2.75) is 53.4 Å². The number of hydrogen-bond acceptors (Lipinski definition) is 3. The van der Waals surface area contributed by atoms with Crippen LogP contribution in [0.5, 0.6) is 0 Å². The molecule has 18 heavy (non-hydrogen) atoms. The highest BCUT2D eigenvalue weighted by atomic mass is 31.2. The van der Waals surface area contributed by atoms with Gasteiger partial charge >= 0.3 is 7.82 Å². The molecule has 112 valence electrons. The Bertz CT molecular complexity index is 199. The van der Waals surface area contributed by atoms with Crippen LogP contribution in [-0.2, 0) is 9.09 Å². The summed E-state index contributed by atoms with van der Waals surface area (Å²) in [6.45, 7) is 12.4. The molecule has 0 aliphatic rings. The molecule has 0 amide bonds. The van der Waals surface area contributed by atoms with Gasteiger partial charge in [-0.1, -0.05) is 47.0 Å². The molecule has 0 saturated heterocycles. The highest BCUT2D eigenvalue weighted by molar-refractivity contribution is 7.46. The summed E-state index contributed by atoms with van der Waals surface area (Å²) < 4.78 is 14.4. The Balaban J connectivity index is 0. The molecule has 0 radical (unpaired) electrons. The van der Waals surface area contributed by atoms with Crippen molar-refractivity contribution in [3.63, 3.8) is 0 Å². The lowest BCUT2D eigenvalue weighted by Crippen LogP contribution is -2.21. The van der Waals surface area contributed by atoms with E-state index in [4.69, 9.17) is 9.79 Å². The predicted molar refractivity (Wildman–Crippen MR) is 75.6 cm³/mol. The van der Waals surface area contributed by atoms with Crippen LogP contribution in [0.2, 0.25) is 0 Å². The van der Waals surface area contributed by atoms with E-state index in [1.54, 1.807) is 0 Å². The summed E-state index contributed by atoms with van der Waals surface area (Å²) in [7, 11) is -4.21. The van der Waals surface area contributed by atoms with Crippen molar-refractivity contribution in [2.75, 3.05) is 26.2 Å². The number of phosphoric ester groups is 1. The molecule has 0 rings (SSSR count). The van der Waals surface area contributed by atoms with Gasteiger partial charge in [0.2, 0.25) is 0 Å². The molecule has 0 heterocycles. The Kier molecular flexibility index (Phi) is 15.3. The molecule has 0 bridgehead atoms. The van der Waals surface area contributed by atoms with E-state index in [1.165, 1.54) is 19.6 Å². The van der Waals surface area contributed by atoms with Crippen LogP contribution >= 0.6 is 7.82 Å². The van der Waals surface area contributed by atoms with Gasteiger partial charge in [0.25, 0.3) is 0 Å². The quantitative estimate of drug-likeness (QED) is 0.503. The van der Waals surface area contributed by atoms with Crippen molar-refractivity contribution >= 4 is 7.82 Å². The maximum absolute atomic E-state index is 10.1. The van der Waals surface area contributed by atoms with Crippen LogP contribution in [0.25, 0.3) is 0 Å². The van der Waals surface area contributed by atoms with Gasteiger partial charge in [0.05, 0.1) is 6.61 Å². The van der Waals surface area contributed by atoms with E-state index in [-0.39, 0.29) is 6.61 Å². The van der Waals surface area contributed by atoms with E-state index >= 15 is 0 Å². The number of phosphoric acid groups is 1. The van der Waals surface area contributed by atoms with Crippen LogP contribution in [-0.4, -0.2) is 40.9 Å². The molecule has 0 aromatic rings. The minimum atomic E-state index is -4.21. The van der Waals surface area contributed by atoms with Crippen LogP contribution in [0, 0.1) is 0 Å². The molecule has 0 saturated carbocycles. The molecule has 0 unspecified atom stereocenters. The van der Waals surface area contributed by atoms with Crippen molar-refractivity contribution in [3.8, 4) is 0 Å². The average Bonchev–Trinajstić information content (AvgIpc) is 2.30. The normalized spacial score (nSPS) is 11.3. The van der Waals surface area contributed by atoms with E-state index in [0.29, 0.717) is 0 Å². The predicted octanol–water partition coefficient (Wildman–Crippen LogP) is 3.02. The van der Waals surface area contributed by atoms with Crippen LogP contribution in [0.1, 0.15) is 53.4 Å². The molecule has 0 aromatic carbocycles. The highest BCUT2D eigenvalue weighted by Gasteiger charge is 2.11. The molecule has 6 heteroatoms. The minimum absolute atomic E-state index is 0.157. The standard InChI is InChI=1S/C6H15N.C6H15O4P/c1-4-7(5-2)6-3;1-2-3-4-5-6-10-11(7,8)9/h4-6H2,1-3H3;2-6H2,1H3,(H2,7,8,9). The lowest BCUT2D eigenvalue weighted by Gasteiger charge is -2.13. The van der Waals surface area contributed by atoms with Gasteiger partial charge in [-0.2, -0.15) is 0 Å². The monoisotopic (exact) mass is 283 g/mol. The van der Waals surface area contributed by atoms with Crippen LogP contribution in [0.3, 0.4) is 0 Å². The van der Waals surface area contributed by atoms with E-state index in [0.717, 1.165) is 25.7 Å². The average molecular weight is 283 g/mol. The SMILES string of the molecule is CCCCCCOP(=O)(O)O.CCN(CC)CC. The van der Waals surface area contributed by atoms with Gasteiger partial charge in [-0.25, -0.2) is 4.57 Å². The summed E-state index contributed by atoms with van der Waals surface area (Å²) in [5, 5.41) is 0. The zero-order valence-corrected chi connectivity index (χ0v) is 13.2. The Labute approximate surface area is 112 Å². The van der Waals surface area contributed by atoms with Gasteiger partial charge in [-0.15, -0.1) is 0 Å². The Morgan fingerprint density at radius 3 is 1.72 bits per heavy atom. The highest BCUT2D eigenvalue weighted by Crippen LogP contribution is 2.35. The van der Waals surface area contributed by atoms with Gasteiger partial charge < -0.3 is 14.7 Å². The molecule has 0 aliphatic carbocycles. The first-order chi connectivity index (χ1) is 8.41. The summed E-state index contributed by atoms with van der Waals surface area (Å²) in [5.41, 5.74) is 0. The van der Waals surface area contributed by atoms with Crippen LogP contribution < -0.4 is 0 Å². The fraction of sp³-hybridized carbons (Fsp3) is 1.00. The Hall–Kier alpha value is 0.0700. The summed E-state index contributed by atoms with van der Waals surface area (Å²) in [6.07, 6.45) is 3.88. The summed E-state index contributed by atoms with van der Waals surface area (Å²) >= 11 is 0. The van der Waals surface area contributed by atoms with Crippen molar-refractivity contribution < 1.29 is 18.9 Å².